The van der Waals surface area contributed by atoms with Crippen molar-refractivity contribution in [3.8, 4) is 5.75 Å². The third kappa shape index (κ3) is 4.04. The van der Waals surface area contributed by atoms with E-state index in [2.05, 4.69) is 4.98 Å². The Labute approximate surface area is 202 Å². The van der Waals surface area contributed by atoms with Crippen molar-refractivity contribution < 1.29 is 23.8 Å². The van der Waals surface area contributed by atoms with E-state index in [4.69, 9.17) is 39.5 Å². The minimum atomic E-state index is -1.07. The van der Waals surface area contributed by atoms with Crippen LogP contribution in [0.1, 0.15) is 17.2 Å². The maximum atomic E-state index is 13.8. The van der Waals surface area contributed by atoms with Crippen LogP contribution in [0, 0.1) is 5.82 Å². The van der Waals surface area contributed by atoms with E-state index in [1.807, 2.05) is 0 Å². The minimum absolute atomic E-state index is 0.0317. The predicted octanol–water partition coefficient (Wildman–Crippen LogP) is 5.82. The average molecular weight is 508 g/mol. The number of aliphatic hydroxyl groups excluding tert-OH is 1. The van der Waals surface area contributed by atoms with Gasteiger partial charge in [0.05, 0.1) is 34.3 Å². The standard InChI is InChI=1S/C23H14Cl3FN2O4/c1-33-22-14(8-12(24)9-16(22)26)20(30)18-19(11-4-6-28-7-5-11)29(23(32)21(18)31)13-2-3-17(27)15(25)10-13/h2-10,19,30H,1H3/b20-18+. The number of ether oxygens (including phenoxy) is 1. The number of amides is 1. The van der Waals surface area contributed by atoms with E-state index in [9.17, 15) is 19.1 Å². The molecule has 1 aromatic heterocycles. The molecule has 1 saturated heterocycles. The number of methoxy groups -OCH3 is 1. The molecule has 1 aliphatic rings. The summed E-state index contributed by atoms with van der Waals surface area (Å²) in [6.45, 7) is 0. The second kappa shape index (κ2) is 9.02. The van der Waals surface area contributed by atoms with Crippen LogP contribution in [0.3, 0.4) is 0 Å². The first-order chi connectivity index (χ1) is 15.7. The largest absolute Gasteiger partial charge is 0.507 e. The summed E-state index contributed by atoms with van der Waals surface area (Å²) in [5.74, 6) is -3.05. The number of carbonyl (C=O) groups excluding carboxylic acids is 2. The highest BCUT2D eigenvalue weighted by Gasteiger charge is 2.47. The third-order valence-corrected chi connectivity index (χ3v) is 5.90. The first kappa shape index (κ1) is 23.0. The van der Waals surface area contributed by atoms with E-state index in [0.29, 0.717) is 5.56 Å². The van der Waals surface area contributed by atoms with Crippen LogP contribution in [0.25, 0.3) is 5.76 Å². The maximum absolute atomic E-state index is 13.8. The molecular weight excluding hydrogens is 494 g/mol. The number of anilines is 1. The van der Waals surface area contributed by atoms with E-state index >= 15 is 0 Å². The molecule has 1 atom stereocenters. The predicted molar refractivity (Wildman–Crippen MR) is 123 cm³/mol. The number of rotatable bonds is 4. The van der Waals surface area contributed by atoms with Crippen LogP contribution in [0.2, 0.25) is 15.1 Å². The molecule has 4 rings (SSSR count). The highest BCUT2D eigenvalue weighted by atomic mass is 35.5. The first-order valence-electron chi connectivity index (χ1n) is 9.44. The molecule has 0 radical (unpaired) electrons. The van der Waals surface area contributed by atoms with Crippen LogP contribution < -0.4 is 9.64 Å². The smallest absolute Gasteiger partial charge is 0.300 e. The SMILES string of the molecule is COc1c(Cl)cc(Cl)cc1/C(O)=C1\C(=O)C(=O)N(c2ccc(F)c(Cl)c2)C1c1ccncc1. The maximum Gasteiger partial charge on any atom is 0.300 e. The first-order valence-corrected chi connectivity index (χ1v) is 10.6. The topological polar surface area (TPSA) is 79.7 Å². The van der Waals surface area contributed by atoms with Crippen molar-refractivity contribution in [2.24, 2.45) is 0 Å². The summed E-state index contributed by atoms with van der Waals surface area (Å²) in [5, 5.41) is 11.3. The molecule has 2 heterocycles. The summed E-state index contributed by atoms with van der Waals surface area (Å²) in [7, 11) is 1.34. The number of hydrogen-bond acceptors (Lipinski definition) is 5. The number of aliphatic hydroxyl groups is 1. The van der Waals surface area contributed by atoms with Gasteiger partial charge in [-0.2, -0.15) is 0 Å². The number of nitrogens with zero attached hydrogens (tertiary/aromatic N) is 2. The Morgan fingerprint density at radius 3 is 2.39 bits per heavy atom. The van der Waals surface area contributed by atoms with Crippen molar-refractivity contribution in [2.75, 3.05) is 12.0 Å². The molecule has 1 unspecified atom stereocenters. The molecule has 33 heavy (non-hydrogen) atoms. The molecule has 1 amide bonds. The number of hydrogen-bond donors (Lipinski definition) is 1. The molecule has 0 aliphatic carbocycles. The van der Waals surface area contributed by atoms with Gasteiger partial charge in [-0.15, -0.1) is 0 Å². The molecule has 10 heteroatoms. The molecule has 1 N–H and O–H groups in total. The van der Waals surface area contributed by atoms with Crippen molar-refractivity contribution in [1.82, 2.24) is 4.98 Å². The van der Waals surface area contributed by atoms with E-state index in [0.717, 1.165) is 11.0 Å². The molecule has 0 spiro atoms. The van der Waals surface area contributed by atoms with Gasteiger partial charge in [0, 0.05) is 23.1 Å². The summed E-state index contributed by atoms with van der Waals surface area (Å²) in [4.78, 5) is 31.4. The lowest BCUT2D eigenvalue weighted by atomic mass is 9.95. The zero-order valence-electron chi connectivity index (χ0n) is 16.9. The minimum Gasteiger partial charge on any atom is -0.507 e. The number of ketones is 1. The number of halogens is 4. The van der Waals surface area contributed by atoms with Crippen molar-refractivity contribution in [3.63, 3.8) is 0 Å². The summed E-state index contributed by atoms with van der Waals surface area (Å²) in [5.41, 5.74) is 0.436. The molecule has 2 aromatic carbocycles. The van der Waals surface area contributed by atoms with Gasteiger partial charge in [0.2, 0.25) is 0 Å². The van der Waals surface area contributed by atoms with E-state index < -0.39 is 29.3 Å². The molecule has 168 valence electrons. The van der Waals surface area contributed by atoms with Crippen LogP contribution in [0.4, 0.5) is 10.1 Å². The normalized spacial score (nSPS) is 17.5. The second-order valence-corrected chi connectivity index (χ2v) is 8.27. The summed E-state index contributed by atoms with van der Waals surface area (Å²) >= 11 is 18.2. The summed E-state index contributed by atoms with van der Waals surface area (Å²) in [6.07, 6.45) is 2.95. The molecule has 1 aliphatic heterocycles. The Morgan fingerprint density at radius 2 is 1.76 bits per heavy atom. The Balaban J connectivity index is 2.00. The van der Waals surface area contributed by atoms with Crippen LogP contribution in [0.15, 0.2) is 60.4 Å². The lowest BCUT2D eigenvalue weighted by Crippen LogP contribution is -2.29. The van der Waals surface area contributed by atoms with Crippen LogP contribution in [-0.2, 0) is 9.59 Å². The van der Waals surface area contributed by atoms with Gasteiger partial charge in [-0.05, 0) is 48.0 Å². The Kier molecular flexibility index (Phi) is 6.30. The Bertz CT molecular complexity index is 1310. The van der Waals surface area contributed by atoms with Gasteiger partial charge in [-0.1, -0.05) is 34.8 Å². The molecule has 0 bridgehead atoms. The van der Waals surface area contributed by atoms with Gasteiger partial charge in [0.15, 0.2) is 0 Å². The number of benzene rings is 2. The van der Waals surface area contributed by atoms with E-state index in [-0.39, 0.29) is 37.6 Å². The number of aromatic nitrogens is 1. The van der Waals surface area contributed by atoms with Gasteiger partial charge < -0.3 is 9.84 Å². The van der Waals surface area contributed by atoms with E-state index in [1.165, 1.54) is 43.8 Å². The van der Waals surface area contributed by atoms with Crippen LogP contribution in [0.5, 0.6) is 5.75 Å². The molecular formula is C23H14Cl3FN2O4. The summed E-state index contributed by atoms with van der Waals surface area (Å²) < 4.78 is 19.1. The lowest BCUT2D eigenvalue weighted by Gasteiger charge is -2.25. The zero-order valence-corrected chi connectivity index (χ0v) is 19.1. The van der Waals surface area contributed by atoms with E-state index in [1.54, 1.807) is 12.1 Å². The molecule has 1 fully saturated rings. The van der Waals surface area contributed by atoms with Crippen LogP contribution >= 0.6 is 34.8 Å². The van der Waals surface area contributed by atoms with Crippen molar-refractivity contribution >= 4 is 57.9 Å². The molecule has 6 nitrogen and oxygen atoms in total. The van der Waals surface area contributed by atoms with Gasteiger partial charge in [-0.3, -0.25) is 19.5 Å². The molecule has 3 aromatic rings. The highest BCUT2D eigenvalue weighted by Crippen LogP contribution is 2.45. The van der Waals surface area contributed by atoms with Crippen molar-refractivity contribution in [1.29, 1.82) is 0 Å². The third-order valence-electron chi connectivity index (χ3n) is 5.12. The highest BCUT2D eigenvalue weighted by molar-refractivity contribution is 6.52. The number of Topliss-reactive ketones (excluding diaryl/α,β-unsaturated/α-hetero) is 1. The van der Waals surface area contributed by atoms with Gasteiger partial charge >= 0.3 is 0 Å². The molecule has 0 saturated carbocycles. The quantitative estimate of drug-likeness (QED) is 0.274. The Hall–Kier alpha value is -3.13. The number of carbonyl (C=O) groups is 2. The summed E-state index contributed by atoms with van der Waals surface area (Å²) in [6, 6.07) is 8.52. The van der Waals surface area contributed by atoms with Gasteiger partial charge in [0.25, 0.3) is 11.7 Å². The fraction of sp³-hybridized carbons (Fsp3) is 0.0870. The fourth-order valence-electron chi connectivity index (χ4n) is 3.68. The second-order valence-electron chi connectivity index (χ2n) is 7.02. The average Bonchev–Trinajstić information content (AvgIpc) is 3.06. The van der Waals surface area contributed by atoms with Crippen LogP contribution in [-0.4, -0.2) is 28.9 Å². The van der Waals surface area contributed by atoms with Crippen molar-refractivity contribution in [2.45, 2.75) is 6.04 Å². The fourth-order valence-corrected chi connectivity index (χ4v) is 4.43. The zero-order chi connectivity index (χ0) is 23.9. The lowest BCUT2D eigenvalue weighted by molar-refractivity contribution is -0.132. The monoisotopic (exact) mass is 506 g/mol. The van der Waals surface area contributed by atoms with Gasteiger partial charge in [0.1, 0.15) is 17.3 Å². The number of pyridine rings is 1. The van der Waals surface area contributed by atoms with Crippen molar-refractivity contribution in [3.05, 3.63) is 92.4 Å². The Morgan fingerprint density at radius 1 is 1.06 bits per heavy atom. The van der Waals surface area contributed by atoms with Gasteiger partial charge in [-0.25, -0.2) is 4.39 Å².